The highest BCUT2D eigenvalue weighted by Crippen LogP contribution is 2.19. The molecule has 2 rings (SSSR count). The van der Waals surface area contributed by atoms with Crippen LogP contribution in [-0.4, -0.2) is 34.9 Å². The van der Waals surface area contributed by atoms with E-state index in [4.69, 9.17) is 0 Å². The van der Waals surface area contributed by atoms with Gasteiger partial charge in [-0.25, -0.2) is 0 Å². The first-order valence-corrected chi connectivity index (χ1v) is 6.39. The maximum atomic E-state index is 11.6. The van der Waals surface area contributed by atoms with Crippen molar-refractivity contribution in [3.05, 3.63) is 34.4 Å². The molecule has 0 bridgehead atoms. The number of carbonyl (C=O) groups is 1. The zero-order valence-corrected chi connectivity index (χ0v) is 10.8. The van der Waals surface area contributed by atoms with Gasteiger partial charge in [-0.15, -0.1) is 0 Å². The predicted octanol–water partition coefficient (Wildman–Crippen LogP) is 2.02. The summed E-state index contributed by atoms with van der Waals surface area (Å²) in [5.74, 6) is 0.174. The SMILES string of the molecule is CCC(=O)N1CCC(Nc2ccc([N+](=O)[O-])cc2)C1. The molecule has 1 heterocycles. The van der Waals surface area contributed by atoms with Crippen LogP contribution in [0.15, 0.2) is 24.3 Å². The lowest BCUT2D eigenvalue weighted by Crippen LogP contribution is -2.30. The topological polar surface area (TPSA) is 75.5 Å². The number of benzene rings is 1. The average molecular weight is 263 g/mol. The summed E-state index contributed by atoms with van der Waals surface area (Å²) >= 11 is 0. The van der Waals surface area contributed by atoms with Crippen molar-refractivity contribution < 1.29 is 9.72 Å². The van der Waals surface area contributed by atoms with E-state index in [-0.39, 0.29) is 17.6 Å². The molecule has 1 fully saturated rings. The molecule has 0 aromatic heterocycles. The molecule has 6 heteroatoms. The zero-order chi connectivity index (χ0) is 13.8. The Morgan fingerprint density at radius 1 is 1.47 bits per heavy atom. The molecule has 1 amide bonds. The monoisotopic (exact) mass is 263 g/mol. The number of likely N-dealkylation sites (tertiary alicyclic amines) is 1. The van der Waals surface area contributed by atoms with E-state index >= 15 is 0 Å². The van der Waals surface area contributed by atoms with Gasteiger partial charge in [0.25, 0.3) is 5.69 Å². The summed E-state index contributed by atoms with van der Waals surface area (Å²) in [6, 6.07) is 6.57. The Bertz CT molecular complexity index is 473. The van der Waals surface area contributed by atoms with Crippen LogP contribution >= 0.6 is 0 Å². The highest BCUT2D eigenvalue weighted by molar-refractivity contribution is 5.76. The van der Waals surface area contributed by atoms with Crippen LogP contribution in [-0.2, 0) is 4.79 Å². The molecule has 0 spiro atoms. The molecule has 19 heavy (non-hydrogen) atoms. The summed E-state index contributed by atoms with van der Waals surface area (Å²) in [6.45, 7) is 3.33. The standard InChI is InChI=1S/C13H17N3O3/c1-2-13(17)15-8-7-11(9-15)14-10-3-5-12(6-4-10)16(18)19/h3-6,11,14H,2,7-9H2,1H3. The first-order chi connectivity index (χ1) is 9.10. The number of amides is 1. The van der Waals surface area contributed by atoms with Gasteiger partial charge in [-0.2, -0.15) is 0 Å². The fourth-order valence-electron chi connectivity index (χ4n) is 2.24. The number of rotatable bonds is 4. The minimum absolute atomic E-state index is 0.0831. The third-order valence-corrected chi connectivity index (χ3v) is 3.29. The normalized spacial score (nSPS) is 18.4. The lowest BCUT2D eigenvalue weighted by atomic mass is 10.2. The highest BCUT2D eigenvalue weighted by atomic mass is 16.6. The van der Waals surface area contributed by atoms with Crippen LogP contribution in [0.25, 0.3) is 0 Å². The molecular formula is C13H17N3O3. The van der Waals surface area contributed by atoms with Crippen molar-refractivity contribution in [3.63, 3.8) is 0 Å². The smallest absolute Gasteiger partial charge is 0.269 e. The molecule has 1 aliphatic rings. The first-order valence-electron chi connectivity index (χ1n) is 6.39. The van der Waals surface area contributed by atoms with Crippen molar-refractivity contribution in [2.75, 3.05) is 18.4 Å². The molecule has 6 nitrogen and oxygen atoms in total. The Labute approximate surface area is 111 Å². The number of nitrogens with zero attached hydrogens (tertiary/aromatic N) is 2. The molecule has 1 unspecified atom stereocenters. The molecule has 1 N–H and O–H groups in total. The molecular weight excluding hydrogens is 246 g/mol. The highest BCUT2D eigenvalue weighted by Gasteiger charge is 2.24. The maximum absolute atomic E-state index is 11.6. The number of nitrogens with one attached hydrogen (secondary N) is 1. The minimum Gasteiger partial charge on any atom is -0.380 e. The molecule has 1 atom stereocenters. The first kappa shape index (κ1) is 13.3. The van der Waals surface area contributed by atoms with Gasteiger partial charge in [0.05, 0.1) is 4.92 Å². The Balaban J connectivity index is 1.92. The molecule has 0 aliphatic carbocycles. The molecule has 1 aliphatic heterocycles. The van der Waals surface area contributed by atoms with E-state index in [2.05, 4.69) is 5.32 Å². The zero-order valence-electron chi connectivity index (χ0n) is 10.8. The van der Waals surface area contributed by atoms with Crippen LogP contribution in [0.4, 0.5) is 11.4 Å². The van der Waals surface area contributed by atoms with Crippen molar-refractivity contribution in [2.24, 2.45) is 0 Å². The van der Waals surface area contributed by atoms with Gasteiger partial charge in [-0.05, 0) is 18.6 Å². The largest absolute Gasteiger partial charge is 0.380 e. The summed E-state index contributed by atoms with van der Waals surface area (Å²) < 4.78 is 0. The van der Waals surface area contributed by atoms with Crippen LogP contribution in [0.5, 0.6) is 0 Å². The molecule has 102 valence electrons. The number of anilines is 1. The number of hydrogen-bond donors (Lipinski definition) is 1. The van der Waals surface area contributed by atoms with E-state index in [0.29, 0.717) is 13.0 Å². The lowest BCUT2D eigenvalue weighted by molar-refractivity contribution is -0.384. The van der Waals surface area contributed by atoms with E-state index in [1.54, 1.807) is 12.1 Å². The van der Waals surface area contributed by atoms with E-state index < -0.39 is 4.92 Å². The molecule has 1 aromatic carbocycles. The van der Waals surface area contributed by atoms with Gasteiger partial charge in [0.1, 0.15) is 0 Å². The van der Waals surface area contributed by atoms with Crippen LogP contribution < -0.4 is 5.32 Å². The second-order valence-electron chi connectivity index (χ2n) is 4.63. The molecule has 0 saturated carbocycles. The van der Waals surface area contributed by atoms with Gasteiger partial charge in [-0.3, -0.25) is 14.9 Å². The van der Waals surface area contributed by atoms with Gasteiger partial charge >= 0.3 is 0 Å². The van der Waals surface area contributed by atoms with Crippen LogP contribution in [0.2, 0.25) is 0 Å². The number of carbonyl (C=O) groups excluding carboxylic acids is 1. The number of non-ortho nitro benzene ring substituents is 1. The number of nitro groups is 1. The van der Waals surface area contributed by atoms with Gasteiger partial charge in [0.2, 0.25) is 5.91 Å². The fraction of sp³-hybridized carbons (Fsp3) is 0.462. The van der Waals surface area contributed by atoms with Gasteiger partial charge < -0.3 is 10.2 Å². The molecule has 1 aromatic rings. The second-order valence-corrected chi connectivity index (χ2v) is 4.63. The van der Waals surface area contributed by atoms with Gasteiger partial charge in [0, 0.05) is 43.4 Å². The quantitative estimate of drug-likeness (QED) is 0.666. The third kappa shape index (κ3) is 3.21. The molecule has 1 saturated heterocycles. The minimum atomic E-state index is -0.416. The fourth-order valence-corrected chi connectivity index (χ4v) is 2.24. The summed E-state index contributed by atoms with van der Waals surface area (Å²) in [4.78, 5) is 23.5. The number of hydrogen-bond acceptors (Lipinski definition) is 4. The van der Waals surface area contributed by atoms with Crippen molar-refractivity contribution >= 4 is 17.3 Å². The maximum Gasteiger partial charge on any atom is 0.269 e. The summed E-state index contributed by atoms with van der Waals surface area (Å²) in [5, 5.41) is 13.8. The second kappa shape index (κ2) is 5.69. The Morgan fingerprint density at radius 3 is 2.74 bits per heavy atom. The van der Waals surface area contributed by atoms with E-state index in [0.717, 1.165) is 18.7 Å². The van der Waals surface area contributed by atoms with Crippen LogP contribution in [0, 0.1) is 10.1 Å². The van der Waals surface area contributed by atoms with Crippen molar-refractivity contribution in [2.45, 2.75) is 25.8 Å². The summed E-state index contributed by atoms with van der Waals surface area (Å²) in [6.07, 6.45) is 1.44. The van der Waals surface area contributed by atoms with Crippen LogP contribution in [0.1, 0.15) is 19.8 Å². The number of nitro benzene ring substituents is 1. The van der Waals surface area contributed by atoms with E-state index in [1.165, 1.54) is 12.1 Å². The lowest BCUT2D eigenvalue weighted by Gasteiger charge is -2.16. The van der Waals surface area contributed by atoms with Gasteiger partial charge in [-0.1, -0.05) is 6.92 Å². The Kier molecular flexibility index (Phi) is 3.99. The summed E-state index contributed by atoms with van der Waals surface area (Å²) in [7, 11) is 0. The summed E-state index contributed by atoms with van der Waals surface area (Å²) in [5.41, 5.74) is 0.932. The van der Waals surface area contributed by atoms with E-state index in [1.807, 2.05) is 11.8 Å². The Morgan fingerprint density at radius 2 is 2.16 bits per heavy atom. The van der Waals surface area contributed by atoms with Gasteiger partial charge in [0.15, 0.2) is 0 Å². The van der Waals surface area contributed by atoms with Crippen molar-refractivity contribution in [3.8, 4) is 0 Å². The van der Waals surface area contributed by atoms with Crippen molar-refractivity contribution in [1.29, 1.82) is 0 Å². The van der Waals surface area contributed by atoms with Crippen LogP contribution in [0.3, 0.4) is 0 Å². The van der Waals surface area contributed by atoms with Crippen molar-refractivity contribution in [1.82, 2.24) is 4.90 Å². The third-order valence-electron chi connectivity index (χ3n) is 3.29. The predicted molar refractivity (Wildman–Crippen MR) is 72.0 cm³/mol. The average Bonchev–Trinajstić information content (AvgIpc) is 2.87. The Hall–Kier alpha value is -2.11. The molecule has 0 radical (unpaired) electrons. The van der Waals surface area contributed by atoms with E-state index in [9.17, 15) is 14.9 Å².